The van der Waals surface area contributed by atoms with Gasteiger partial charge in [0.05, 0.1) is 29.7 Å². The van der Waals surface area contributed by atoms with Crippen LogP contribution in [0.15, 0.2) is 59.2 Å². The molecule has 0 aliphatic rings. The number of carbonyl (C=O) groups excluding carboxylic acids is 1. The molecule has 26 heavy (non-hydrogen) atoms. The molecule has 3 aromatic rings. The fraction of sp³-hybridized carbons (Fsp3) is 0.200. The third-order valence-corrected chi connectivity index (χ3v) is 4.42. The number of benzene rings is 2. The highest BCUT2D eigenvalue weighted by atomic mass is 79.9. The van der Waals surface area contributed by atoms with Gasteiger partial charge in [0.2, 0.25) is 0 Å². The maximum atomic E-state index is 12.6. The molecule has 0 saturated carbocycles. The minimum absolute atomic E-state index is 0.196. The van der Waals surface area contributed by atoms with E-state index in [0.29, 0.717) is 17.9 Å². The summed E-state index contributed by atoms with van der Waals surface area (Å²) < 4.78 is 8.35. The maximum Gasteiger partial charge on any atom is 0.259 e. The topological polar surface area (TPSA) is 56.1 Å². The summed E-state index contributed by atoms with van der Waals surface area (Å²) in [6.07, 6.45) is 2.52. The Morgan fingerprint density at radius 3 is 2.73 bits per heavy atom. The monoisotopic (exact) mass is 413 g/mol. The predicted molar refractivity (Wildman–Crippen MR) is 106 cm³/mol. The molecule has 0 fully saturated rings. The van der Waals surface area contributed by atoms with E-state index in [1.807, 2.05) is 55.5 Å². The molecule has 0 aliphatic carbocycles. The summed E-state index contributed by atoms with van der Waals surface area (Å²) in [5, 5.41) is 7.26. The van der Waals surface area contributed by atoms with Crippen molar-refractivity contribution in [2.75, 3.05) is 11.9 Å². The van der Waals surface area contributed by atoms with Crippen molar-refractivity contribution in [3.05, 3.63) is 70.5 Å². The van der Waals surface area contributed by atoms with E-state index >= 15 is 0 Å². The van der Waals surface area contributed by atoms with E-state index < -0.39 is 0 Å². The van der Waals surface area contributed by atoms with Gasteiger partial charge in [-0.3, -0.25) is 4.79 Å². The highest BCUT2D eigenvalue weighted by molar-refractivity contribution is 9.10. The van der Waals surface area contributed by atoms with Crippen LogP contribution >= 0.6 is 15.9 Å². The van der Waals surface area contributed by atoms with Crippen LogP contribution in [0.5, 0.6) is 5.75 Å². The molecule has 0 bridgehead atoms. The molecule has 0 radical (unpaired) electrons. The lowest BCUT2D eigenvalue weighted by atomic mass is 10.2. The number of anilines is 1. The fourth-order valence-corrected chi connectivity index (χ4v) is 2.82. The molecule has 1 heterocycles. The second kappa shape index (κ2) is 8.19. The van der Waals surface area contributed by atoms with Crippen LogP contribution in [0.3, 0.4) is 0 Å². The van der Waals surface area contributed by atoms with Gasteiger partial charge in [0.1, 0.15) is 5.75 Å². The van der Waals surface area contributed by atoms with Crippen LogP contribution in [0.25, 0.3) is 5.69 Å². The van der Waals surface area contributed by atoms with Crippen LogP contribution in [-0.4, -0.2) is 22.3 Å². The third kappa shape index (κ3) is 4.14. The molecule has 3 rings (SSSR count). The average molecular weight is 414 g/mol. The normalized spacial score (nSPS) is 10.6. The summed E-state index contributed by atoms with van der Waals surface area (Å²) in [6, 6.07) is 15.2. The second-order valence-electron chi connectivity index (χ2n) is 5.86. The first-order valence-corrected chi connectivity index (χ1v) is 9.22. The van der Waals surface area contributed by atoms with Crippen LogP contribution in [0.2, 0.25) is 0 Å². The Morgan fingerprint density at radius 2 is 2.00 bits per heavy atom. The summed E-state index contributed by atoms with van der Waals surface area (Å²) in [5.41, 5.74) is 2.91. The number of amides is 1. The molecular weight excluding hydrogens is 394 g/mol. The Bertz CT molecular complexity index is 904. The maximum absolute atomic E-state index is 12.6. The minimum atomic E-state index is -0.196. The van der Waals surface area contributed by atoms with Crippen LogP contribution < -0.4 is 10.1 Å². The Labute approximate surface area is 161 Å². The van der Waals surface area contributed by atoms with Crippen LogP contribution in [0, 0.1) is 6.92 Å². The number of halogens is 1. The number of hydrogen-bond donors (Lipinski definition) is 1. The van der Waals surface area contributed by atoms with E-state index in [9.17, 15) is 4.79 Å². The number of nitrogens with one attached hydrogen (secondary N) is 1. The molecule has 1 N–H and O–H groups in total. The zero-order valence-corrected chi connectivity index (χ0v) is 16.3. The van der Waals surface area contributed by atoms with Crippen molar-refractivity contribution in [3.63, 3.8) is 0 Å². The summed E-state index contributed by atoms with van der Waals surface area (Å²) in [5.74, 6) is 0.547. The number of aromatic nitrogens is 2. The molecule has 134 valence electrons. The first-order chi connectivity index (χ1) is 12.6. The van der Waals surface area contributed by atoms with Gasteiger partial charge in [0.25, 0.3) is 5.91 Å². The van der Waals surface area contributed by atoms with Gasteiger partial charge < -0.3 is 10.1 Å². The molecule has 0 spiro atoms. The summed E-state index contributed by atoms with van der Waals surface area (Å²) in [4.78, 5) is 12.6. The highest BCUT2D eigenvalue weighted by Gasteiger charge is 2.15. The molecule has 0 unspecified atom stereocenters. The van der Waals surface area contributed by atoms with Gasteiger partial charge in [-0.2, -0.15) is 5.10 Å². The lowest BCUT2D eigenvalue weighted by Crippen LogP contribution is -2.13. The van der Waals surface area contributed by atoms with Crippen molar-refractivity contribution in [1.82, 2.24) is 9.78 Å². The van der Waals surface area contributed by atoms with E-state index in [-0.39, 0.29) is 5.91 Å². The SMILES string of the molecule is CCCOc1cccc(NC(=O)c2cnn(-c3ccc(Br)cc3)c2C)c1. The molecule has 6 heteroatoms. The number of carbonyl (C=O) groups is 1. The Kier molecular flexibility index (Phi) is 5.73. The van der Waals surface area contributed by atoms with Gasteiger partial charge in [-0.25, -0.2) is 4.68 Å². The molecule has 1 amide bonds. The van der Waals surface area contributed by atoms with Crippen molar-refractivity contribution in [3.8, 4) is 11.4 Å². The van der Waals surface area contributed by atoms with Gasteiger partial charge in [0.15, 0.2) is 0 Å². The van der Waals surface area contributed by atoms with Gasteiger partial charge in [-0.05, 0) is 49.7 Å². The van der Waals surface area contributed by atoms with E-state index in [0.717, 1.165) is 28.0 Å². The molecule has 2 aromatic carbocycles. The highest BCUT2D eigenvalue weighted by Crippen LogP contribution is 2.20. The van der Waals surface area contributed by atoms with Crippen LogP contribution in [-0.2, 0) is 0 Å². The zero-order valence-electron chi connectivity index (χ0n) is 14.7. The average Bonchev–Trinajstić information content (AvgIpc) is 3.02. The molecule has 0 atom stereocenters. The van der Waals surface area contributed by atoms with E-state index in [1.165, 1.54) is 0 Å². The summed E-state index contributed by atoms with van der Waals surface area (Å²) in [7, 11) is 0. The first-order valence-electron chi connectivity index (χ1n) is 8.43. The van der Waals surface area contributed by atoms with Crippen molar-refractivity contribution in [2.24, 2.45) is 0 Å². The summed E-state index contributed by atoms with van der Waals surface area (Å²) in [6.45, 7) is 4.58. The molecule has 5 nitrogen and oxygen atoms in total. The number of ether oxygens (including phenoxy) is 1. The lowest BCUT2D eigenvalue weighted by Gasteiger charge is -2.09. The molecule has 0 aliphatic heterocycles. The summed E-state index contributed by atoms with van der Waals surface area (Å²) >= 11 is 3.42. The van der Waals surface area contributed by atoms with Gasteiger partial charge in [0, 0.05) is 16.2 Å². The smallest absolute Gasteiger partial charge is 0.259 e. The Morgan fingerprint density at radius 1 is 1.23 bits per heavy atom. The second-order valence-corrected chi connectivity index (χ2v) is 6.78. The third-order valence-electron chi connectivity index (χ3n) is 3.89. The number of rotatable bonds is 6. The van der Waals surface area contributed by atoms with Crippen molar-refractivity contribution < 1.29 is 9.53 Å². The number of hydrogen-bond acceptors (Lipinski definition) is 3. The van der Waals surface area contributed by atoms with Crippen molar-refractivity contribution in [2.45, 2.75) is 20.3 Å². The molecular formula is C20H20BrN3O2. The predicted octanol–water partition coefficient (Wildman–Crippen LogP) is 4.98. The lowest BCUT2D eigenvalue weighted by molar-refractivity contribution is 0.102. The Balaban J connectivity index is 1.77. The van der Waals surface area contributed by atoms with Crippen molar-refractivity contribution in [1.29, 1.82) is 0 Å². The number of nitrogens with zero attached hydrogens (tertiary/aromatic N) is 2. The van der Waals surface area contributed by atoms with E-state index in [4.69, 9.17) is 4.74 Å². The van der Waals surface area contributed by atoms with Gasteiger partial charge >= 0.3 is 0 Å². The van der Waals surface area contributed by atoms with E-state index in [1.54, 1.807) is 10.9 Å². The molecule has 1 aromatic heterocycles. The van der Waals surface area contributed by atoms with E-state index in [2.05, 4.69) is 33.3 Å². The quantitative estimate of drug-likeness (QED) is 0.619. The zero-order chi connectivity index (χ0) is 18.5. The standard InChI is InChI=1S/C20H20BrN3O2/c1-3-11-26-18-6-4-5-16(12-18)23-20(25)19-13-22-24(14(19)2)17-9-7-15(21)8-10-17/h4-10,12-13H,3,11H2,1-2H3,(H,23,25). The largest absolute Gasteiger partial charge is 0.494 e. The van der Waals surface area contributed by atoms with Crippen LogP contribution in [0.4, 0.5) is 5.69 Å². The fourth-order valence-electron chi connectivity index (χ4n) is 2.56. The van der Waals surface area contributed by atoms with Crippen LogP contribution in [0.1, 0.15) is 29.4 Å². The minimum Gasteiger partial charge on any atom is -0.494 e. The van der Waals surface area contributed by atoms with Gasteiger partial charge in [-0.15, -0.1) is 0 Å². The van der Waals surface area contributed by atoms with Crippen molar-refractivity contribution >= 4 is 27.5 Å². The Hall–Kier alpha value is -2.60. The first kappa shape index (κ1) is 18.2. The van der Waals surface area contributed by atoms with Gasteiger partial charge in [-0.1, -0.05) is 28.9 Å². The molecule has 0 saturated heterocycles.